The van der Waals surface area contributed by atoms with E-state index in [9.17, 15) is 0 Å². The Bertz CT molecular complexity index is 627. The van der Waals surface area contributed by atoms with Crippen molar-refractivity contribution in [3.63, 3.8) is 0 Å². The van der Waals surface area contributed by atoms with Gasteiger partial charge in [-0.1, -0.05) is 13.8 Å². The highest BCUT2D eigenvalue weighted by Crippen LogP contribution is 2.30. The van der Waals surface area contributed by atoms with Gasteiger partial charge in [0.05, 0.1) is 14.2 Å². The molecule has 0 amide bonds. The number of rotatable bonds is 2. The van der Waals surface area contributed by atoms with E-state index < -0.39 is 0 Å². The third-order valence-electron chi connectivity index (χ3n) is 3.01. The van der Waals surface area contributed by atoms with Gasteiger partial charge in [-0.15, -0.1) is 0 Å². The van der Waals surface area contributed by atoms with Gasteiger partial charge in [0.15, 0.2) is 0 Å². The quantitative estimate of drug-likeness (QED) is 0.740. The standard InChI is InChI=1S/C14H13NO2.C2H6/c1-16-9-3-5-13-11(7-9)12-8-10(17-2)4-6-14(12)15-13;1-2/h3-8,15H,1-2H3;1-2H3. The first-order valence-corrected chi connectivity index (χ1v) is 6.45. The molecule has 0 unspecified atom stereocenters. The van der Waals surface area contributed by atoms with Crippen LogP contribution in [0, 0.1) is 0 Å². The zero-order chi connectivity index (χ0) is 13.8. The fourth-order valence-corrected chi connectivity index (χ4v) is 2.11. The number of aromatic nitrogens is 1. The van der Waals surface area contributed by atoms with Crippen molar-refractivity contribution in [2.45, 2.75) is 13.8 Å². The van der Waals surface area contributed by atoms with Crippen LogP contribution in [0.5, 0.6) is 11.5 Å². The Labute approximate surface area is 113 Å². The molecule has 3 rings (SSSR count). The topological polar surface area (TPSA) is 34.2 Å². The average molecular weight is 257 g/mol. The lowest BCUT2D eigenvalue weighted by atomic mass is 10.1. The zero-order valence-corrected chi connectivity index (χ0v) is 11.8. The minimum Gasteiger partial charge on any atom is -0.497 e. The maximum atomic E-state index is 5.25. The van der Waals surface area contributed by atoms with Crippen LogP contribution in [0.4, 0.5) is 0 Å². The zero-order valence-electron chi connectivity index (χ0n) is 11.8. The molecule has 0 radical (unpaired) electrons. The summed E-state index contributed by atoms with van der Waals surface area (Å²) in [5, 5.41) is 2.30. The minimum atomic E-state index is 0.862. The number of H-pyrrole nitrogens is 1. The first-order chi connectivity index (χ1) is 9.31. The normalized spacial score (nSPS) is 10.1. The van der Waals surface area contributed by atoms with E-state index in [1.165, 1.54) is 0 Å². The van der Waals surface area contributed by atoms with Crippen LogP contribution < -0.4 is 9.47 Å². The summed E-state index contributed by atoms with van der Waals surface area (Å²) in [6, 6.07) is 12.0. The van der Waals surface area contributed by atoms with Gasteiger partial charge < -0.3 is 14.5 Å². The molecule has 1 N–H and O–H groups in total. The summed E-state index contributed by atoms with van der Waals surface area (Å²) in [4.78, 5) is 3.37. The van der Waals surface area contributed by atoms with Crippen LogP contribution in [0.1, 0.15) is 13.8 Å². The van der Waals surface area contributed by atoms with Gasteiger partial charge in [0, 0.05) is 21.8 Å². The maximum absolute atomic E-state index is 5.25. The van der Waals surface area contributed by atoms with Gasteiger partial charge in [0.1, 0.15) is 11.5 Å². The van der Waals surface area contributed by atoms with Crippen LogP contribution in [-0.2, 0) is 0 Å². The molecule has 0 aliphatic heterocycles. The van der Waals surface area contributed by atoms with Gasteiger partial charge in [-0.3, -0.25) is 0 Å². The second-order valence-electron chi connectivity index (χ2n) is 3.95. The molecule has 2 aromatic carbocycles. The van der Waals surface area contributed by atoms with Crippen molar-refractivity contribution in [2.75, 3.05) is 14.2 Å². The summed E-state index contributed by atoms with van der Waals surface area (Å²) in [6.07, 6.45) is 0. The third kappa shape index (κ3) is 2.36. The molecule has 100 valence electrons. The van der Waals surface area contributed by atoms with Gasteiger partial charge in [-0.25, -0.2) is 0 Å². The number of ether oxygens (including phenoxy) is 2. The summed E-state index contributed by atoms with van der Waals surface area (Å²) >= 11 is 0. The Morgan fingerprint density at radius 3 is 1.53 bits per heavy atom. The second kappa shape index (κ2) is 5.65. The highest BCUT2D eigenvalue weighted by molar-refractivity contribution is 6.08. The Hall–Kier alpha value is -2.16. The lowest BCUT2D eigenvalue weighted by Gasteiger charge is -2.00. The minimum absolute atomic E-state index is 0.862. The molecule has 0 spiro atoms. The summed E-state index contributed by atoms with van der Waals surface area (Å²) in [5.41, 5.74) is 2.21. The van der Waals surface area contributed by atoms with Gasteiger partial charge in [0.2, 0.25) is 0 Å². The average Bonchev–Trinajstić information content (AvgIpc) is 2.85. The molecule has 0 saturated heterocycles. The van der Waals surface area contributed by atoms with E-state index in [-0.39, 0.29) is 0 Å². The van der Waals surface area contributed by atoms with E-state index in [2.05, 4.69) is 4.98 Å². The number of nitrogens with one attached hydrogen (secondary N) is 1. The molecule has 0 atom stereocenters. The molecule has 1 aromatic heterocycles. The molecular weight excluding hydrogens is 238 g/mol. The van der Waals surface area contributed by atoms with E-state index in [4.69, 9.17) is 9.47 Å². The van der Waals surface area contributed by atoms with Crippen LogP contribution in [0.2, 0.25) is 0 Å². The fraction of sp³-hybridized carbons (Fsp3) is 0.250. The lowest BCUT2D eigenvalue weighted by Crippen LogP contribution is -1.81. The number of methoxy groups -OCH3 is 2. The molecule has 0 aliphatic carbocycles. The van der Waals surface area contributed by atoms with Crippen molar-refractivity contribution in [3.8, 4) is 11.5 Å². The van der Waals surface area contributed by atoms with Gasteiger partial charge in [0.25, 0.3) is 0 Å². The number of hydrogen-bond acceptors (Lipinski definition) is 2. The molecule has 19 heavy (non-hydrogen) atoms. The van der Waals surface area contributed by atoms with E-state index >= 15 is 0 Å². The van der Waals surface area contributed by atoms with Crippen LogP contribution in [0.15, 0.2) is 36.4 Å². The second-order valence-corrected chi connectivity index (χ2v) is 3.95. The molecule has 3 nitrogen and oxygen atoms in total. The van der Waals surface area contributed by atoms with Crippen LogP contribution in [-0.4, -0.2) is 19.2 Å². The molecule has 0 fully saturated rings. The summed E-state index contributed by atoms with van der Waals surface area (Å²) in [7, 11) is 3.35. The number of fused-ring (bicyclic) bond motifs is 3. The van der Waals surface area contributed by atoms with E-state index in [0.717, 1.165) is 33.3 Å². The number of hydrogen-bond donors (Lipinski definition) is 1. The summed E-state index contributed by atoms with van der Waals surface area (Å²) < 4.78 is 10.5. The van der Waals surface area contributed by atoms with Crippen molar-refractivity contribution >= 4 is 21.8 Å². The van der Waals surface area contributed by atoms with Crippen LogP contribution >= 0.6 is 0 Å². The van der Waals surface area contributed by atoms with E-state index in [1.807, 2.05) is 50.2 Å². The van der Waals surface area contributed by atoms with E-state index in [0.29, 0.717) is 0 Å². The molecule has 0 bridgehead atoms. The van der Waals surface area contributed by atoms with Gasteiger partial charge in [-0.05, 0) is 36.4 Å². The molecule has 3 aromatic rings. The molecular formula is C16H19NO2. The SMILES string of the molecule is CC.COc1ccc2[nH]c3ccc(OC)cc3c2c1. The van der Waals surface area contributed by atoms with Gasteiger partial charge >= 0.3 is 0 Å². The van der Waals surface area contributed by atoms with Crippen molar-refractivity contribution in [1.29, 1.82) is 0 Å². The highest BCUT2D eigenvalue weighted by Gasteiger charge is 2.06. The first kappa shape index (κ1) is 13.3. The number of aromatic amines is 1. The maximum Gasteiger partial charge on any atom is 0.119 e. The predicted molar refractivity (Wildman–Crippen MR) is 80.3 cm³/mol. The van der Waals surface area contributed by atoms with Crippen molar-refractivity contribution in [3.05, 3.63) is 36.4 Å². The lowest BCUT2D eigenvalue weighted by molar-refractivity contribution is 0.415. The predicted octanol–water partition coefficient (Wildman–Crippen LogP) is 4.36. The summed E-state index contributed by atoms with van der Waals surface area (Å²) in [5.74, 6) is 1.72. The molecule has 0 saturated carbocycles. The Morgan fingerprint density at radius 1 is 0.737 bits per heavy atom. The van der Waals surface area contributed by atoms with Crippen molar-refractivity contribution in [2.24, 2.45) is 0 Å². The highest BCUT2D eigenvalue weighted by atomic mass is 16.5. The van der Waals surface area contributed by atoms with E-state index in [1.54, 1.807) is 14.2 Å². The molecule has 1 heterocycles. The van der Waals surface area contributed by atoms with Crippen LogP contribution in [0.25, 0.3) is 21.8 Å². The van der Waals surface area contributed by atoms with Crippen molar-refractivity contribution < 1.29 is 9.47 Å². The first-order valence-electron chi connectivity index (χ1n) is 6.45. The summed E-state index contributed by atoms with van der Waals surface area (Å²) in [6.45, 7) is 4.00. The largest absolute Gasteiger partial charge is 0.497 e. The third-order valence-corrected chi connectivity index (χ3v) is 3.01. The smallest absolute Gasteiger partial charge is 0.119 e. The Morgan fingerprint density at radius 2 is 1.16 bits per heavy atom. The van der Waals surface area contributed by atoms with Crippen molar-refractivity contribution in [1.82, 2.24) is 4.98 Å². The Balaban J connectivity index is 0.000000637. The molecule has 0 aliphatic rings. The monoisotopic (exact) mass is 257 g/mol. The fourth-order valence-electron chi connectivity index (χ4n) is 2.11. The van der Waals surface area contributed by atoms with Gasteiger partial charge in [-0.2, -0.15) is 0 Å². The number of benzene rings is 2. The van der Waals surface area contributed by atoms with Crippen LogP contribution in [0.3, 0.4) is 0 Å². The Kier molecular flexibility index (Phi) is 3.95. The molecule has 3 heteroatoms.